The summed E-state index contributed by atoms with van der Waals surface area (Å²) in [6.07, 6.45) is 0. The number of nitrogens with one attached hydrogen (secondary N) is 1. The maximum atomic E-state index is 11.5. The largest absolute Gasteiger partial charge is 0.481 e. The zero-order chi connectivity index (χ0) is 13.3. The molecule has 0 bridgehead atoms. The summed E-state index contributed by atoms with van der Waals surface area (Å²) in [6.45, 7) is 0.931. The Kier molecular flexibility index (Phi) is 3.27. The number of nitrogens with zero attached hydrogens (tertiary/aromatic N) is 1. The number of aliphatic carboxylic acids is 1. The van der Waals surface area contributed by atoms with Crippen molar-refractivity contribution in [3.8, 4) is 0 Å². The zero-order valence-electron chi connectivity index (χ0n) is 9.83. The topological polar surface area (TPSA) is 86.7 Å². The van der Waals surface area contributed by atoms with Gasteiger partial charge >= 0.3 is 5.97 Å². The highest BCUT2D eigenvalue weighted by Crippen LogP contribution is 2.25. The molecule has 0 aliphatic carbocycles. The van der Waals surface area contributed by atoms with Crippen LogP contribution in [-0.4, -0.2) is 39.6 Å². The molecular formula is C11H14N2O4S. The number of hydrogen-bond acceptors (Lipinski definition) is 4. The summed E-state index contributed by atoms with van der Waals surface area (Å²) in [5, 5.41) is 8.77. The monoisotopic (exact) mass is 270 g/mol. The quantitative estimate of drug-likeness (QED) is 0.811. The van der Waals surface area contributed by atoms with E-state index < -0.39 is 16.0 Å². The number of rotatable bonds is 4. The Morgan fingerprint density at radius 1 is 1.33 bits per heavy atom. The minimum atomic E-state index is -3.42. The molecule has 1 fully saturated rings. The van der Waals surface area contributed by atoms with E-state index in [2.05, 4.69) is 4.72 Å². The summed E-state index contributed by atoms with van der Waals surface area (Å²) in [7, 11) is -2.06. The van der Waals surface area contributed by atoms with E-state index in [-0.39, 0.29) is 10.8 Å². The fraction of sp³-hybridized carbons (Fsp3) is 0.364. The molecule has 0 radical (unpaired) electrons. The molecule has 0 unspecified atom stereocenters. The molecule has 0 spiro atoms. The van der Waals surface area contributed by atoms with Gasteiger partial charge in [-0.25, -0.2) is 13.1 Å². The molecule has 0 amide bonds. The van der Waals surface area contributed by atoms with Crippen molar-refractivity contribution in [2.24, 2.45) is 5.92 Å². The number of carboxylic acid groups (broad SMARTS) is 1. The second kappa shape index (κ2) is 4.58. The van der Waals surface area contributed by atoms with E-state index >= 15 is 0 Å². The van der Waals surface area contributed by atoms with Crippen LogP contribution in [0, 0.1) is 5.92 Å². The Balaban J connectivity index is 2.08. The van der Waals surface area contributed by atoms with Crippen LogP contribution in [0.25, 0.3) is 0 Å². The summed E-state index contributed by atoms with van der Waals surface area (Å²) >= 11 is 0. The van der Waals surface area contributed by atoms with Crippen molar-refractivity contribution in [1.82, 2.24) is 4.72 Å². The minimum absolute atomic E-state index is 0.198. The smallest absolute Gasteiger partial charge is 0.310 e. The highest BCUT2D eigenvalue weighted by Gasteiger charge is 2.32. The number of anilines is 1. The number of hydrogen-bond donors (Lipinski definition) is 2. The molecule has 1 aromatic carbocycles. The molecule has 1 heterocycles. The molecule has 7 heteroatoms. The van der Waals surface area contributed by atoms with Crippen LogP contribution in [0.2, 0.25) is 0 Å². The Hall–Kier alpha value is -1.60. The van der Waals surface area contributed by atoms with Gasteiger partial charge in [-0.1, -0.05) is 0 Å². The van der Waals surface area contributed by atoms with Gasteiger partial charge in [0.15, 0.2) is 0 Å². The number of carboxylic acids is 1. The van der Waals surface area contributed by atoms with E-state index in [4.69, 9.17) is 5.11 Å². The van der Waals surface area contributed by atoms with Crippen molar-refractivity contribution in [2.75, 3.05) is 25.0 Å². The Bertz CT molecular complexity index is 547. The summed E-state index contributed by atoms with van der Waals surface area (Å²) < 4.78 is 25.2. The van der Waals surface area contributed by atoms with Gasteiger partial charge in [-0.05, 0) is 31.3 Å². The van der Waals surface area contributed by atoms with Gasteiger partial charge < -0.3 is 10.0 Å². The van der Waals surface area contributed by atoms with E-state index in [0.717, 1.165) is 5.69 Å². The number of sulfonamides is 1. The van der Waals surface area contributed by atoms with Crippen LogP contribution in [0.5, 0.6) is 0 Å². The van der Waals surface area contributed by atoms with Gasteiger partial charge in [0, 0.05) is 18.8 Å². The fourth-order valence-corrected chi connectivity index (χ4v) is 2.53. The highest BCUT2D eigenvalue weighted by atomic mass is 32.2. The first kappa shape index (κ1) is 12.8. The molecule has 0 saturated carbocycles. The predicted molar refractivity (Wildman–Crippen MR) is 66.0 cm³/mol. The highest BCUT2D eigenvalue weighted by molar-refractivity contribution is 7.89. The van der Waals surface area contributed by atoms with Crippen LogP contribution in [0.4, 0.5) is 5.69 Å². The SMILES string of the molecule is CNS(=O)(=O)c1ccc(N2CC(C(=O)O)C2)cc1. The third kappa shape index (κ3) is 2.32. The van der Waals surface area contributed by atoms with Crippen molar-refractivity contribution >= 4 is 21.7 Å². The first-order chi connectivity index (χ1) is 8.44. The van der Waals surface area contributed by atoms with E-state index in [1.165, 1.54) is 19.2 Å². The lowest BCUT2D eigenvalue weighted by atomic mass is 10.00. The van der Waals surface area contributed by atoms with E-state index in [0.29, 0.717) is 13.1 Å². The van der Waals surface area contributed by atoms with Gasteiger partial charge in [-0.2, -0.15) is 0 Å². The van der Waals surface area contributed by atoms with Crippen LogP contribution in [0.3, 0.4) is 0 Å². The lowest BCUT2D eigenvalue weighted by Gasteiger charge is -2.38. The van der Waals surface area contributed by atoms with Crippen molar-refractivity contribution < 1.29 is 18.3 Å². The van der Waals surface area contributed by atoms with Crippen LogP contribution in [0.15, 0.2) is 29.2 Å². The average Bonchev–Trinajstić information content (AvgIpc) is 2.27. The van der Waals surface area contributed by atoms with Crippen LogP contribution >= 0.6 is 0 Å². The molecule has 98 valence electrons. The summed E-state index contributed by atoms with van der Waals surface area (Å²) in [5.41, 5.74) is 0.836. The van der Waals surface area contributed by atoms with Crippen LogP contribution < -0.4 is 9.62 Å². The zero-order valence-corrected chi connectivity index (χ0v) is 10.6. The van der Waals surface area contributed by atoms with Crippen molar-refractivity contribution in [3.63, 3.8) is 0 Å². The normalized spacial score (nSPS) is 16.4. The van der Waals surface area contributed by atoms with Gasteiger partial charge in [0.1, 0.15) is 0 Å². The third-order valence-corrected chi connectivity index (χ3v) is 4.44. The van der Waals surface area contributed by atoms with Gasteiger partial charge in [0.05, 0.1) is 10.8 Å². The molecule has 18 heavy (non-hydrogen) atoms. The molecule has 1 aliphatic rings. The first-order valence-corrected chi connectivity index (χ1v) is 6.94. The third-order valence-electron chi connectivity index (χ3n) is 3.01. The van der Waals surface area contributed by atoms with Crippen molar-refractivity contribution in [1.29, 1.82) is 0 Å². The summed E-state index contributed by atoms with van der Waals surface area (Å²) in [5.74, 6) is -1.12. The molecule has 0 atom stereocenters. The van der Waals surface area contributed by atoms with Crippen LogP contribution in [-0.2, 0) is 14.8 Å². The van der Waals surface area contributed by atoms with Gasteiger partial charge in [-0.15, -0.1) is 0 Å². The lowest BCUT2D eigenvalue weighted by Crippen LogP contribution is -2.50. The second-order valence-corrected chi connectivity index (χ2v) is 6.03. The molecule has 6 nitrogen and oxygen atoms in total. The predicted octanol–water partition coefficient (Wildman–Crippen LogP) is 0.115. The molecule has 2 rings (SSSR count). The molecule has 0 aromatic heterocycles. The van der Waals surface area contributed by atoms with E-state index in [1.54, 1.807) is 12.1 Å². The molecular weight excluding hydrogens is 256 g/mol. The number of benzene rings is 1. The molecule has 1 saturated heterocycles. The lowest BCUT2D eigenvalue weighted by molar-refractivity contribution is -0.142. The number of carbonyl (C=O) groups is 1. The second-order valence-electron chi connectivity index (χ2n) is 4.14. The van der Waals surface area contributed by atoms with Crippen LogP contribution in [0.1, 0.15) is 0 Å². The Morgan fingerprint density at radius 2 is 1.89 bits per heavy atom. The van der Waals surface area contributed by atoms with Gasteiger partial charge in [-0.3, -0.25) is 4.79 Å². The Labute approximate surface area is 105 Å². The van der Waals surface area contributed by atoms with Crippen molar-refractivity contribution in [2.45, 2.75) is 4.90 Å². The standard InChI is InChI=1S/C11H14N2O4S/c1-12-18(16,17)10-4-2-9(3-5-10)13-6-8(7-13)11(14)15/h2-5,8,12H,6-7H2,1H3,(H,14,15). The maximum Gasteiger partial charge on any atom is 0.310 e. The van der Waals surface area contributed by atoms with Gasteiger partial charge in [0.2, 0.25) is 10.0 Å². The molecule has 1 aromatic rings. The Morgan fingerprint density at radius 3 is 2.33 bits per heavy atom. The maximum absolute atomic E-state index is 11.5. The van der Waals surface area contributed by atoms with E-state index in [9.17, 15) is 13.2 Å². The summed E-state index contributed by atoms with van der Waals surface area (Å²) in [6, 6.07) is 6.38. The summed E-state index contributed by atoms with van der Waals surface area (Å²) in [4.78, 5) is 12.8. The minimum Gasteiger partial charge on any atom is -0.481 e. The molecule has 2 N–H and O–H groups in total. The van der Waals surface area contributed by atoms with Gasteiger partial charge in [0.25, 0.3) is 0 Å². The average molecular weight is 270 g/mol. The fourth-order valence-electron chi connectivity index (χ4n) is 1.80. The first-order valence-electron chi connectivity index (χ1n) is 5.45. The molecule has 1 aliphatic heterocycles. The van der Waals surface area contributed by atoms with E-state index in [1.807, 2.05) is 4.90 Å². The van der Waals surface area contributed by atoms with Crippen molar-refractivity contribution in [3.05, 3.63) is 24.3 Å².